The third kappa shape index (κ3) is 75.4. The molecule has 0 aliphatic carbocycles. The summed E-state index contributed by atoms with van der Waals surface area (Å²) in [4.78, 5) is 9.00. The van der Waals surface area contributed by atoms with Crippen LogP contribution in [0.4, 0.5) is 0 Å². The standard InChI is InChI=1S/C2H4O2.C2H4.H3N/c1-2(3)4;1-2;/h1H3,(H,3,4);1-2H2;1H3. The first kappa shape index (κ1) is 16.4. The van der Waals surface area contributed by atoms with Crippen molar-refractivity contribution in [2.75, 3.05) is 0 Å². The summed E-state index contributed by atoms with van der Waals surface area (Å²) in [5, 5.41) is 7.42. The molecule has 3 heteroatoms. The van der Waals surface area contributed by atoms with Crippen LogP contribution in [-0.2, 0) is 4.79 Å². The van der Waals surface area contributed by atoms with Crippen molar-refractivity contribution in [3.63, 3.8) is 0 Å². The molecule has 0 aromatic rings. The van der Waals surface area contributed by atoms with Crippen molar-refractivity contribution >= 4 is 5.97 Å². The molecule has 0 saturated heterocycles. The van der Waals surface area contributed by atoms with Crippen LogP contribution in [0.2, 0.25) is 0 Å². The van der Waals surface area contributed by atoms with Gasteiger partial charge in [0.2, 0.25) is 0 Å². The number of aliphatic carboxylic acids is 1. The minimum atomic E-state index is -0.833. The van der Waals surface area contributed by atoms with Gasteiger partial charge in [-0.05, 0) is 0 Å². The molecule has 0 aromatic heterocycles. The molecule has 0 bridgehead atoms. The van der Waals surface area contributed by atoms with Crippen LogP contribution in [0.5, 0.6) is 0 Å². The Hall–Kier alpha value is -0.830. The smallest absolute Gasteiger partial charge is 0.300 e. The van der Waals surface area contributed by atoms with Gasteiger partial charge < -0.3 is 11.3 Å². The normalized spacial score (nSPS) is 4.14. The van der Waals surface area contributed by atoms with Crippen molar-refractivity contribution in [2.45, 2.75) is 6.92 Å². The summed E-state index contributed by atoms with van der Waals surface area (Å²) in [5.74, 6) is -0.833. The van der Waals surface area contributed by atoms with Crippen molar-refractivity contribution in [3.05, 3.63) is 13.2 Å². The van der Waals surface area contributed by atoms with E-state index in [-0.39, 0.29) is 6.15 Å². The summed E-state index contributed by atoms with van der Waals surface area (Å²) in [6.07, 6.45) is 0. The molecule has 0 amide bonds. The molecule has 0 aliphatic rings. The molecular formula is C4H11NO2. The summed E-state index contributed by atoms with van der Waals surface area (Å²) in [7, 11) is 0. The largest absolute Gasteiger partial charge is 0.481 e. The summed E-state index contributed by atoms with van der Waals surface area (Å²) in [6, 6.07) is 0. The van der Waals surface area contributed by atoms with Gasteiger partial charge in [-0.1, -0.05) is 0 Å². The van der Waals surface area contributed by atoms with Gasteiger partial charge in [0, 0.05) is 6.92 Å². The van der Waals surface area contributed by atoms with Gasteiger partial charge in [-0.15, -0.1) is 13.2 Å². The molecule has 0 fully saturated rings. The van der Waals surface area contributed by atoms with E-state index < -0.39 is 5.97 Å². The highest BCUT2D eigenvalue weighted by atomic mass is 16.4. The summed E-state index contributed by atoms with van der Waals surface area (Å²) >= 11 is 0. The highest BCUT2D eigenvalue weighted by molar-refractivity contribution is 5.62. The minimum absolute atomic E-state index is 0. The van der Waals surface area contributed by atoms with Gasteiger partial charge in [0.25, 0.3) is 5.97 Å². The number of carboxylic acid groups (broad SMARTS) is 1. The fourth-order valence-electron chi connectivity index (χ4n) is 0. The Balaban J connectivity index is -0.0000000480. The predicted molar refractivity (Wildman–Crippen MR) is 29.6 cm³/mol. The SMILES string of the molecule is C=C.CC(=O)O.N. The third-order valence-corrected chi connectivity index (χ3v) is 0. The van der Waals surface area contributed by atoms with Gasteiger partial charge in [0.1, 0.15) is 0 Å². The van der Waals surface area contributed by atoms with E-state index in [2.05, 4.69) is 13.2 Å². The zero-order valence-corrected chi connectivity index (χ0v) is 4.48. The topological polar surface area (TPSA) is 72.3 Å². The fourth-order valence-corrected chi connectivity index (χ4v) is 0. The maximum atomic E-state index is 9.00. The van der Waals surface area contributed by atoms with Crippen LogP contribution in [0, 0.1) is 0 Å². The Morgan fingerprint density at radius 1 is 1.57 bits per heavy atom. The van der Waals surface area contributed by atoms with Crippen molar-refractivity contribution in [3.8, 4) is 0 Å². The van der Waals surface area contributed by atoms with Crippen molar-refractivity contribution in [2.24, 2.45) is 0 Å². The molecule has 0 spiro atoms. The van der Waals surface area contributed by atoms with E-state index in [1.807, 2.05) is 0 Å². The van der Waals surface area contributed by atoms with E-state index in [4.69, 9.17) is 9.90 Å². The van der Waals surface area contributed by atoms with Crippen LogP contribution >= 0.6 is 0 Å². The first-order valence-corrected chi connectivity index (χ1v) is 1.43. The lowest BCUT2D eigenvalue weighted by Crippen LogP contribution is -1.78. The van der Waals surface area contributed by atoms with Gasteiger partial charge in [0.15, 0.2) is 0 Å². The monoisotopic (exact) mass is 105 g/mol. The zero-order valence-electron chi connectivity index (χ0n) is 4.48. The molecule has 0 aromatic carbocycles. The van der Waals surface area contributed by atoms with E-state index in [0.717, 1.165) is 6.92 Å². The molecule has 0 saturated carbocycles. The van der Waals surface area contributed by atoms with E-state index in [9.17, 15) is 0 Å². The Labute approximate surface area is 43.2 Å². The predicted octanol–water partition coefficient (Wildman–Crippen LogP) is 1.06. The quantitative estimate of drug-likeness (QED) is 0.452. The molecule has 7 heavy (non-hydrogen) atoms. The Kier molecular flexibility index (Phi) is 44.8. The minimum Gasteiger partial charge on any atom is -0.481 e. The van der Waals surface area contributed by atoms with Gasteiger partial charge in [-0.3, -0.25) is 4.79 Å². The fraction of sp³-hybridized carbons (Fsp3) is 0.250. The lowest BCUT2D eigenvalue weighted by molar-refractivity contribution is -0.134. The average Bonchev–Trinajstić information content (AvgIpc) is 1.41. The van der Waals surface area contributed by atoms with Crippen molar-refractivity contribution < 1.29 is 9.90 Å². The molecule has 0 atom stereocenters. The lowest BCUT2D eigenvalue weighted by atomic mass is 10.9. The van der Waals surface area contributed by atoms with E-state index in [0.29, 0.717) is 0 Å². The molecule has 0 aliphatic heterocycles. The van der Waals surface area contributed by atoms with E-state index in [1.54, 1.807) is 0 Å². The number of carbonyl (C=O) groups is 1. The highest BCUT2D eigenvalue weighted by Gasteiger charge is 1.65. The Morgan fingerprint density at radius 2 is 1.57 bits per heavy atom. The molecular weight excluding hydrogens is 94.0 g/mol. The average molecular weight is 105 g/mol. The van der Waals surface area contributed by atoms with Crippen LogP contribution in [0.1, 0.15) is 6.92 Å². The second-order valence-corrected chi connectivity index (χ2v) is 0.519. The molecule has 44 valence electrons. The number of rotatable bonds is 0. The van der Waals surface area contributed by atoms with Gasteiger partial charge in [-0.2, -0.15) is 0 Å². The Bertz CT molecular complexity index is 41.0. The maximum absolute atomic E-state index is 9.00. The second-order valence-electron chi connectivity index (χ2n) is 0.519. The second kappa shape index (κ2) is 19.1. The first-order valence-electron chi connectivity index (χ1n) is 1.43. The lowest BCUT2D eigenvalue weighted by Gasteiger charge is -1.59. The third-order valence-electron chi connectivity index (χ3n) is 0. The van der Waals surface area contributed by atoms with Crippen LogP contribution in [0.15, 0.2) is 13.2 Å². The van der Waals surface area contributed by atoms with Gasteiger partial charge in [0.05, 0.1) is 0 Å². The highest BCUT2D eigenvalue weighted by Crippen LogP contribution is 1.42. The van der Waals surface area contributed by atoms with Crippen LogP contribution < -0.4 is 6.15 Å². The van der Waals surface area contributed by atoms with Crippen molar-refractivity contribution in [1.82, 2.24) is 6.15 Å². The summed E-state index contributed by atoms with van der Waals surface area (Å²) < 4.78 is 0. The van der Waals surface area contributed by atoms with Crippen LogP contribution in [-0.4, -0.2) is 11.1 Å². The van der Waals surface area contributed by atoms with Crippen molar-refractivity contribution in [1.29, 1.82) is 0 Å². The van der Waals surface area contributed by atoms with E-state index >= 15 is 0 Å². The number of hydrogen-bond donors (Lipinski definition) is 2. The zero-order chi connectivity index (χ0) is 5.58. The number of carboxylic acids is 1. The van der Waals surface area contributed by atoms with Gasteiger partial charge >= 0.3 is 0 Å². The van der Waals surface area contributed by atoms with E-state index in [1.165, 1.54) is 0 Å². The van der Waals surface area contributed by atoms with Crippen LogP contribution in [0.3, 0.4) is 0 Å². The molecule has 0 rings (SSSR count). The maximum Gasteiger partial charge on any atom is 0.300 e. The molecule has 3 nitrogen and oxygen atoms in total. The van der Waals surface area contributed by atoms with Gasteiger partial charge in [-0.25, -0.2) is 0 Å². The first-order chi connectivity index (χ1) is 2.73. The number of hydrogen-bond acceptors (Lipinski definition) is 2. The molecule has 0 heterocycles. The summed E-state index contributed by atoms with van der Waals surface area (Å²) in [6.45, 7) is 7.08. The van der Waals surface area contributed by atoms with Crippen LogP contribution in [0.25, 0.3) is 0 Å². The molecule has 4 N–H and O–H groups in total. The molecule has 0 unspecified atom stereocenters. The Morgan fingerprint density at radius 3 is 1.57 bits per heavy atom. The summed E-state index contributed by atoms with van der Waals surface area (Å²) in [5.41, 5.74) is 0. The molecule has 0 radical (unpaired) electrons.